The standard InChI is InChI=1S/C22H22N2O3S2/c25-21(17-4-3-9-24(12-17)22(26)18-7-10-27-13-18)23-19-5-1-2-6-20(19)29-15-16-8-11-28-14-16/h1-2,5-8,10-11,13-14,17H,3-4,9,12,15H2,(H,23,25). The van der Waals surface area contributed by atoms with Gasteiger partial charge in [0.1, 0.15) is 6.26 Å². The number of furan rings is 1. The summed E-state index contributed by atoms with van der Waals surface area (Å²) in [5, 5.41) is 7.30. The van der Waals surface area contributed by atoms with Gasteiger partial charge in [0.15, 0.2) is 0 Å². The van der Waals surface area contributed by atoms with E-state index in [0.29, 0.717) is 18.7 Å². The van der Waals surface area contributed by atoms with Crippen molar-refractivity contribution >= 4 is 40.6 Å². The van der Waals surface area contributed by atoms with Crippen LogP contribution in [0.25, 0.3) is 0 Å². The number of rotatable bonds is 6. The monoisotopic (exact) mass is 426 g/mol. The highest BCUT2D eigenvalue weighted by Gasteiger charge is 2.29. The fraction of sp³-hybridized carbons (Fsp3) is 0.273. The molecule has 29 heavy (non-hydrogen) atoms. The van der Waals surface area contributed by atoms with E-state index in [1.165, 1.54) is 18.1 Å². The minimum Gasteiger partial charge on any atom is -0.472 e. The molecule has 1 unspecified atom stereocenters. The van der Waals surface area contributed by atoms with Crippen LogP contribution in [0.5, 0.6) is 0 Å². The maximum atomic E-state index is 12.9. The van der Waals surface area contributed by atoms with Crippen LogP contribution in [0.1, 0.15) is 28.8 Å². The molecule has 7 heteroatoms. The average Bonchev–Trinajstić information content (AvgIpc) is 3.47. The van der Waals surface area contributed by atoms with E-state index in [-0.39, 0.29) is 17.7 Å². The molecule has 2 aromatic heterocycles. The van der Waals surface area contributed by atoms with Gasteiger partial charge in [0.05, 0.1) is 23.4 Å². The predicted molar refractivity (Wildman–Crippen MR) is 116 cm³/mol. The minimum atomic E-state index is -0.213. The summed E-state index contributed by atoms with van der Waals surface area (Å²) in [4.78, 5) is 28.3. The van der Waals surface area contributed by atoms with Gasteiger partial charge in [-0.15, -0.1) is 11.8 Å². The first kappa shape index (κ1) is 19.8. The summed E-state index contributed by atoms with van der Waals surface area (Å²) in [6.45, 7) is 1.10. The number of para-hydroxylation sites is 1. The molecule has 0 aliphatic carbocycles. The molecule has 1 aliphatic heterocycles. The van der Waals surface area contributed by atoms with Gasteiger partial charge in [0.2, 0.25) is 5.91 Å². The number of benzene rings is 1. The maximum Gasteiger partial charge on any atom is 0.257 e. The molecular weight excluding hydrogens is 404 g/mol. The van der Waals surface area contributed by atoms with Crippen molar-refractivity contribution in [2.75, 3.05) is 18.4 Å². The highest BCUT2D eigenvalue weighted by molar-refractivity contribution is 7.98. The molecule has 3 heterocycles. The molecule has 2 amide bonds. The van der Waals surface area contributed by atoms with Crippen molar-refractivity contribution in [1.82, 2.24) is 4.90 Å². The van der Waals surface area contributed by atoms with Crippen molar-refractivity contribution in [2.24, 2.45) is 5.92 Å². The molecule has 3 aromatic rings. The summed E-state index contributed by atoms with van der Waals surface area (Å²) >= 11 is 3.40. The maximum absolute atomic E-state index is 12.9. The fourth-order valence-electron chi connectivity index (χ4n) is 3.41. The van der Waals surface area contributed by atoms with Gasteiger partial charge in [-0.05, 0) is 53.4 Å². The van der Waals surface area contributed by atoms with Crippen LogP contribution >= 0.6 is 23.1 Å². The number of nitrogens with zero attached hydrogens (tertiary/aromatic N) is 1. The van der Waals surface area contributed by atoms with E-state index in [4.69, 9.17) is 4.42 Å². The summed E-state index contributed by atoms with van der Waals surface area (Å²) in [6.07, 6.45) is 4.54. The number of amides is 2. The SMILES string of the molecule is O=C(Nc1ccccc1SCc1ccsc1)C1CCCN(C(=O)c2ccoc2)C1. The number of hydrogen-bond acceptors (Lipinski definition) is 5. The summed E-state index contributed by atoms with van der Waals surface area (Å²) in [6, 6.07) is 11.7. The zero-order chi connectivity index (χ0) is 20.1. The number of hydrogen-bond donors (Lipinski definition) is 1. The van der Waals surface area contributed by atoms with E-state index in [0.717, 1.165) is 29.2 Å². The molecule has 1 atom stereocenters. The molecule has 0 bridgehead atoms. The molecule has 0 spiro atoms. The smallest absolute Gasteiger partial charge is 0.257 e. The Labute approximate surface area is 178 Å². The Kier molecular flexibility index (Phi) is 6.36. The Bertz CT molecular complexity index is 954. The van der Waals surface area contributed by atoms with E-state index >= 15 is 0 Å². The first-order valence-electron chi connectivity index (χ1n) is 9.56. The van der Waals surface area contributed by atoms with Crippen LogP contribution in [-0.2, 0) is 10.5 Å². The number of nitrogens with one attached hydrogen (secondary N) is 1. The van der Waals surface area contributed by atoms with Crippen LogP contribution in [-0.4, -0.2) is 29.8 Å². The van der Waals surface area contributed by atoms with Crippen molar-refractivity contribution in [3.8, 4) is 0 Å². The second-order valence-corrected chi connectivity index (χ2v) is 8.81. The number of carbonyl (C=O) groups is 2. The third-order valence-corrected chi connectivity index (χ3v) is 6.84. The summed E-state index contributed by atoms with van der Waals surface area (Å²) in [5.41, 5.74) is 2.64. The zero-order valence-corrected chi connectivity index (χ0v) is 17.5. The molecule has 4 rings (SSSR count). The largest absolute Gasteiger partial charge is 0.472 e. The predicted octanol–water partition coefficient (Wildman–Crippen LogP) is 5.12. The second kappa shape index (κ2) is 9.33. The second-order valence-electron chi connectivity index (χ2n) is 7.01. The third-order valence-electron chi connectivity index (χ3n) is 4.97. The van der Waals surface area contributed by atoms with Crippen molar-refractivity contribution < 1.29 is 14.0 Å². The third kappa shape index (κ3) is 4.92. The molecule has 1 saturated heterocycles. The lowest BCUT2D eigenvalue weighted by molar-refractivity contribution is -0.121. The van der Waals surface area contributed by atoms with Crippen LogP contribution < -0.4 is 5.32 Å². The van der Waals surface area contributed by atoms with Crippen molar-refractivity contribution in [3.05, 3.63) is 70.8 Å². The molecule has 150 valence electrons. The van der Waals surface area contributed by atoms with E-state index in [2.05, 4.69) is 22.1 Å². The van der Waals surface area contributed by atoms with Gasteiger partial charge in [-0.2, -0.15) is 11.3 Å². The van der Waals surface area contributed by atoms with Gasteiger partial charge >= 0.3 is 0 Å². The molecule has 1 aromatic carbocycles. The van der Waals surface area contributed by atoms with Gasteiger partial charge in [-0.25, -0.2) is 0 Å². The van der Waals surface area contributed by atoms with Gasteiger partial charge in [-0.1, -0.05) is 12.1 Å². The first-order valence-corrected chi connectivity index (χ1v) is 11.5. The lowest BCUT2D eigenvalue weighted by Crippen LogP contribution is -2.43. The Balaban J connectivity index is 1.39. The van der Waals surface area contributed by atoms with E-state index in [9.17, 15) is 9.59 Å². The van der Waals surface area contributed by atoms with Gasteiger partial charge < -0.3 is 14.6 Å². The van der Waals surface area contributed by atoms with Crippen LogP contribution in [0, 0.1) is 5.92 Å². The van der Waals surface area contributed by atoms with Crippen molar-refractivity contribution in [3.63, 3.8) is 0 Å². The van der Waals surface area contributed by atoms with Gasteiger partial charge in [0, 0.05) is 23.7 Å². The number of thiophene rings is 1. The summed E-state index contributed by atoms with van der Waals surface area (Å²) in [7, 11) is 0. The lowest BCUT2D eigenvalue weighted by Gasteiger charge is -2.32. The van der Waals surface area contributed by atoms with E-state index < -0.39 is 0 Å². The van der Waals surface area contributed by atoms with Gasteiger partial charge in [-0.3, -0.25) is 9.59 Å². The zero-order valence-electron chi connectivity index (χ0n) is 15.9. The van der Waals surface area contributed by atoms with Crippen LogP contribution in [0.4, 0.5) is 5.69 Å². The summed E-state index contributed by atoms with van der Waals surface area (Å²) < 4.78 is 5.01. The van der Waals surface area contributed by atoms with E-state index in [1.54, 1.807) is 34.1 Å². The number of carbonyl (C=O) groups excluding carboxylic acids is 2. The average molecular weight is 427 g/mol. The first-order chi connectivity index (χ1) is 14.2. The Hall–Kier alpha value is -2.51. The van der Waals surface area contributed by atoms with Crippen molar-refractivity contribution in [2.45, 2.75) is 23.5 Å². The summed E-state index contributed by atoms with van der Waals surface area (Å²) in [5.74, 6) is 0.544. The highest BCUT2D eigenvalue weighted by Crippen LogP contribution is 2.31. The highest BCUT2D eigenvalue weighted by atomic mass is 32.2. The quantitative estimate of drug-likeness (QED) is 0.556. The van der Waals surface area contributed by atoms with Gasteiger partial charge in [0.25, 0.3) is 5.91 Å². The van der Waals surface area contributed by atoms with E-state index in [1.807, 2.05) is 24.3 Å². The lowest BCUT2D eigenvalue weighted by atomic mass is 9.96. The Morgan fingerprint density at radius 1 is 1.24 bits per heavy atom. The molecule has 5 nitrogen and oxygen atoms in total. The molecule has 1 N–H and O–H groups in total. The number of likely N-dealkylation sites (tertiary alicyclic amines) is 1. The topological polar surface area (TPSA) is 62.6 Å². The molecule has 0 radical (unpaired) electrons. The normalized spacial score (nSPS) is 16.6. The molecule has 0 saturated carbocycles. The molecule has 1 aliphatic rings. The molecule has 1 fully saturated rings. The van der Waals surface area contributed by atoms with Crippen LogP contribution in [0.2, 0.25) is 0 Å². The van der Waals surface area contributed by atoms with Crippen LogP contribution in [0.3, 0.4) is 0 Å². The minimum absolute atomic E-state index is 0.0294. The number of thioether (sulfide) groups is 1. The van der Waals surface area contributed by atoms with Crippen molar-refractivity contribution in [1.29, 1.82) is 0 Å². The number of piperidine rings is 1. The number of anilines is 1. The van der Waals surface area contributed by atoms with Crippen LogP contribution in [0.15, 0.2) is 69.0 Å². The fourth-order valence-corrected chi connectivity index (χ4v) is 5.14. The Morgan fingerprint density at radius 2 is 2.14 bits per heavy atom. The Morgan fingerprint density at radius 3 is 2.93 bits per heavy atom. The molecular formula is C22H22N2O3S2.